The fraction of sp³-hybridized carbons (Fsp3) is 0.938. The first-order chi connectivity index (χ1) is 9.50. The van der Waals surface area contributed by atoms with Crippen LogP contribution in [0.3, 0.4) is 0 Å². The Labute approximate surface area is 128 Å². The molecular weight excluding hydrogens is 268 g/mol. The van der Waals surface area contributed by atoms with Crippen molar-refractivity contribution in [3.8, 4) is 0 Å². The molecule has 2 aliphatic rings. The van der Waals surface area contributed by atoms with Gasteiger partial charge in [-0.25, -0.2) is 0 Å². The molecular formula is C16H30N2O3. The van der Waals surface area contributed by atoms with Gasteiger partial charge in [0.25, 0.3) is 5.91 Å². The van der Waals surface area contributed by atoms with Crippen LogP contribution in [0.15, 0.2) is 0 Å². The maximum absolute atomic E-state index is 12.3. The maximum atomic E-state index is 12.3. The van der Waals surface area contributed by atoms with Crippen LogP contribution in [0.5, 0.6) is 0 Å². The molecule has 2 rings (SSSR count). The van der Waals surface area contributed by atoms with Crippen LogP contribution in [0, 0.1) is 0 Å². The quantitative estimate of drug-likeness (QED) is 0.870. The summed E-state index contributed by atoms with van der Waals surface area (Å²) in [4.78, 5) is 18.2. The van der Waals surface area contributed by atoms with Crippen LogP contribution in [0.4, 0.5) is 0 Å². The van der Waals surface area contributed by atoms with E-state index in [1.807, 2.05) is 20.8 Å². The molecule has 1 amide bonds. The Morgan fingerprint density at radius 2 is 1.67 bits per heavy atom. The third kappa shape index (κ3) is 2.71. The van der Waals surface area contributed by atoms with Crippen molar-refractivity contribution in [2.24, 2.45) is 0 Å². The number of hydroxylamine groups is 2. The van der Waals surface area contributed by atoms with Gasteiger partial charge < -0.3 is 10.1 Å². The summed E-state index contributed by atoms with van der Waals surface area (Å²) < 4.78 is 6.29. The number of nitrogens with zero attached hydrogens (tertiary/aromatic N) is 1. The molecule has 0 radical (unpaired) electrons. The molecule has 2 heterocycles. The first kappa shape index (κ1) is 16.7. The van der Waals surface area contributed by atoms with Crippen molar-refractivity contribution in [2.75, 3.05) is 6.61 Å². The highest BCUT2D eigenvalue weighted by Crippen LogP contribution is 2.48. The highest BCUT2D eigenvalue weighted by molar-refractivity contribution is 5.87. The zero-order valence-corrected chi connectivity index (χ0v) is 14.5. The van der Waals surface area contributed by atoms with E-state index in [2.05, 4.69) is 38.1 Å². The number of piperidine rings is 1. The van der Waals surface area contributed by atoms with E-state index in [0.717, 1.165) is 0 Å². The van der Waals surface area contributed by atoms with Gasteiger partial charge in [0.05, 0.1) is 6.61 Å². The molecule has 0 aromatic heterocycles. The van der Waals surface area contributed by atoms with Gasteiger partial charge in [0.2, 0.25) is 0 Å². The lowest BCUT2D eigenvalue weighted by atomic mass is 9.76. The molecule has 0 aromatic rings. The predicted molar refractivity (Wildman–Crippen MR) is 81.5 cm³/mol. The van der Waals surface area contributed by atoms with Gasteiger partial charge in [0.15, 0.2) is 0 Å². The number of amides is 1. The smallest absolute Gasteiger partial charge is 0.254 e. The molecule has 2 aliphatic heterocycles. The molecule has 0 aromatic carbocycles. The topological polar surface area (TPSA) is 50.8 Å². The molecule has 0 saturated carbocycles. The van der Waals surface area contributed by atoms with Crippen LogP contribution in [0.2, 0.25) is 0 Å². The minimum atomic E-state index is -0.722. The van der Waals surface area contributed by atoms with E-state index >= 15 is 0 Å². The molecule has 1 atom stereocenters. The number of hydrogen-bond acceptors (Lipinski definition) is 4. The minimum Gasteiger partial charge on any atom is -0.340 e. The van der Waals surface area contributed by atoms with E-state index in [1.54, 1.807) is 0 Å². The normalized spacial score (nSPS) is 34.1. The van der Waals surface area contributed by atoms with Crippen LogP contribution in [0.25, 0.3) is 0 Å². The fourth-order valence-electron chi connectivity index (χ4n) is 4.14. The average molecular weight is 298 g/mol. The van der Waals surface area contributed by atoms with Crippen molar-refractivity contribution in [3.05, 3.63) is 0 Å². The van der Waals surface area contributed by atoms with Crippen LogP contribution in [0.1, 0.15) is 67.7 Å². The minimum absolute atomic E-state index is 0.00135. The highest BCUT2D eigenvalue weighted by atomic mass is 16.7. The third-order valence-electron chi connectivity index (χ3n) is 4.71. The first-order valence-corrected chi connectivity index (χ1v) is 7.96. The van der Waals surface area contributed by atoms with Crippen LogP contribution in [-0.4, -0.2) is 40.0 Å². The van der Waals surface area contributed by atoms with Gasteiger partial charge in [-0.2, -0.15) is 5.06 Å². The summed E-state index contributed by atoms with van der Waals surface area (Å²) in [5, 5.41) is 5.21. The standard InChI is InChI=1S/C16H30N2O3/c1-8-15(7)12(19)17-16(21-15)10-13(3,4)18(20-9-2)14(5,6)11-16/h8-11H2,1-7H3,(H,17,19). The molecule has 1 N–H and O–H groups in total. The Morgan fingerprint density at radius 3 is 2.05 bits per heavy atom. The monoisotopic (exact) mass is 298 g/mol. The van der Waals surface area contributed by atoms with Crippen LogP contribution >= 0.6 is 0 Å². The summed E-state index contributed by atoms with van der Waals surface area (Å²) >= 11 is 0. The number of ether oxygens (including phenoxy) is 1. The van der Waals surface area contributed by atoms with Gasteiger partial charge in [0, 0.05) is 23.9 Å². The molecule has 0 aliphatic carbocycles. The van der Waals surface area contributed by atoms with Crippen LogP contribution < -0.4 is 5.32 Å². The Morgan fingerprint density at radius 1 is 1.14 bits per heavy atom. The largest absolute Gasteiger partial charge is 0.340 e. The lowest BCUT2D eigenvalue weighted by molar-refractivity contribution is -0.312. The number of carbonyl (C=O) groups is 1. The molecule has 5 nitrogen and oxygen atoms in total. The number of rotatable bonds is 3. The van der Waals surface area contributed by atoms with Crippen molar-refractivity contribution < 1.29 is 14.4 Å². The van der Waals surface area contributed by atoms with Gasteiger partial charge in [-0.15, -0.1) is 0 Å². The second-order valence-corrected chi connectivity index (χ2v) is 7.83. The molecule has 0 bridgehead atoms. The van der Waals surface area contributed by atoms with Gasteiger partial charge in [-0.3, -0.25) is 9.63 Å². The van der Waals surface area contributed by atoms with Gasteiger partial charge in [-0.05, 0) is 48.0 Å². The van der Waals surface area contributed by atoms with E-state index in [0.29, 0.717) is 25.9 Å². The molecule has 1 spiro atoms. The summed E-state index contributed by atoms with van der Waals surface area (Å²) in [6.07, 6.45) is 2.10. The summed E-state index contributed by atoms with van der Waals surface area (Å²) in [5.74, 6) is 0.00135. The summed E-state index contributed by atoms with van der Waals surface area (Å²) in [7, 11) is 0. The zero-order valence-electron chi connectivity index (χ0n) is 14.5. The Kier molecular flexibility index (Phi) is 3.93. The molecule has 2 fully saturated rings. The lowest BCUT2D eigenvalue weighted by Gasteiger charge is -2.56. The summed E-state index contributed by atoms with van der Waals surface area (Å²) in [5.41, 5.74) is -1.75. The number of hydrogen-bond donors (Lipinski definition) is 1. The molecule has 5 heteroatoms. The van der Waals surface area contributed by atoms with Crippen molar-refractivity contribution in [1.29, 1.82) is 0 Å². The maximum Gasteiger partial charge on any atom is 0.254 e. The molecule has 1 unspecified atom stereocenters. The second-order valence-electron chi connectivity index (χ2n) is 7.83. The summed E-state index contributed by atoms with van der Waals surface area (Å²) in [6.45, 7) is 15.1. The van der Waals surface area contributed by atoms with Gasteiger partial charge >= 0.3 is 0 Å². The average Bonchev–Trinajstić information content (AvgIpc) is 2.54. The van der Waals surface area contributed by atoms with E-state index in [9.17, 15) is 4.79 Å². The lowest BCUT2D eigenvalue weighted by Crippen LogP contribution is -2.68. The SMILES string of the molecule is CCON1C(C)(C)CC2(CC1(C)C)NC(=O)C(C)(CC)O2. The van der Waals surface area contributed by atoms with E-state index in [1.165, 1.54) is 0 Å². The number of nitrogens with one attached hydrogen (secondary N) is 1. The predicted octanol–water partition coefficient (Wildman–Crippen LogP) is 2.60. The molecule has 2 saturated heterocycles. The summed E-state index contributed by atoms with van der Waals surface area (Å²) in [6, 6.07) is 0. The Bertz CT molecular complexity index is 415. The van der Waals surface area contributed by atoms with Crippen LogP contribution in [-0.2, 0) is 14.4 Å². The zero-order chi connectivity index (χ0) is 16.1. The Balaban J connectivity index is 2.33. The number of carbonyl (C=O) groups excluding carboxylic acids is 1. The highest BCUT2D eigenvalue weighted by Gasteiger charge is 2.61. The van der Waals surface area contributed by atoms with E-state index in [-0.39, 0.29) is 17.0 Å². The fourth-order valence-corrected chi connectivity index (χ4v) is 4.14. The van der Waals surface area contributed by atoms with Gasteiger partial charge in [-0.1, -0.05) is 6.92 Å². The van der Waals surface area contributed by atoms with E-state index in [4.69, 9.17) is 9.57 Å². The van der Waals surface area contributed by atoms with Gasteiger partial charge in [0.1, 0.15) is 11.3 Å². The van der Waals surface area contributed by atoms with E-state index < -0.39 is 11.3 Å². The molecule has 21 heavy (non-hydrogen) atoms. The van der Waals surface area contributed by atoms with Crippen molar-refractivity contribution in [1.82, 2.24) is 10.4 Å². The third-order valence-corrected chi connectivity index (χ3v) is 4.71. The second kappa shape index (κ2) is 4.93. The molecule has 122 valence electrons. The van der Waals surface area contributed by atoms with Crippen molar-refractivity contribution in [3.63, 3.8) is 0 Å². The first-order valence-electron chi connectivity index (χ1n) is 7.96. The Hall–Kier alpha value is -0.650. The van der Waals surface area contributed by atoms with Crippen molar-refractivity contribution in [2.45, 2.75) is 90.1 Å². The van der Waals surface area contributed by atoms with Crippen molar-refractivity contribution >= 4 is 5.91 Å².